The summed E-state index contributed by atoms with van der Waals surface area (Å²) in [6.07, 6.45) is 5.84. The molecule has 43 heavy (non-hydrogen) atoms. The van der Waals surface area contributed by atoms with Gasteiger partial charge in [0.05, 0.1) is 28.2 Å². The molecule has 1 aromatic heterocycles. The van der Waals surface area contributed by atoms with Crippen molar-refractivity contribution in [2.45, 2.75) is 76.3 Å². The molecule has 4 atom stereocenters. The number of rotatable bonds is 9. The fourth-order valence-corrected chi connectivity index (χ4v) is 6.34. The summed E-state index contributed by atoms with van der Waals surface area (Å²) < 4.78 is 41.6. The molecule has 1 aliphatic heterocycles. The molecule has 2 heterocycles. The van der Waals surface area contributed by atoms with Crippen LogP contribution in [0.2, 0.25) is 5.02 Å². The number of aromatic amines is 1. The normalized spacial score (nSPS) is 21.8. The average molecular weight is 634 g/mol. The van der Waals surface area contributed by atoms with Crippen LogP contribution in [0.5, 0.6) is 5.75 Å². The molecule has 3 N–H and O–H groups in total. The van der Waals surface area contributed by atoms with Crippen LogP contribution in [0.4, 0.5) is 0 Å². The number of aromatic nitrogens is 4. The first-order valence-corrected chi connectivity index (χ1v) is 16.5. The highest BCUT2D eigenvalue weighted by molar-refractivity contribution is 7.85. The van der Waals surface area contributed by atoms with E-state index in [-0.39, 0.29) is 23.0 Å². The second-order valence-electron chi connectivity index (χ2n) is 11.2. The second-order valence-corrected chi connectivity index (χ2v) is 13.0. The van der Waals surface area contributed by atoms with Gasteiger partial charge in [-0.1, -0.05) is 62.1 Å². The van der Waals surface area contributed by atoms with Gasteiger partial charge < -0.3 is 14.8 Å². The number of benzene rings is 2. The maximum absolute atomic E-state index is 12.6. The van der Waals surface area contributed by atoms with Gasteiger partial charge in [0, 0.05) is 0 Å². The van der Waals surface area contributed by atoms with Gasteiger partial charge in [-0.3, -0.25) is 9.35 Å². The summed E-state index contributed by atoms with van der Waals surface area (Å²) in [5.41, 5.74) is 1.61. The molecule has 3 aromatic rings. The maximum atomic E-state index is 12.6. The molecule has 1 aliphatic carbocycles. The minimum Gasteiger partial charge on any atom is -0.490 e. The van der Waals surface area contributed by atoms with Gasteiger partial charge >= 0.3 is 5.97 Å². The monoisotopic (exact) mass is 633 g/mol. The summed E-state index contributed by atoms with van der Waals surface area (Å²) in [6, 6.07) is 11.3. The van der Waals surface area contributed by atoms with Crippen molar-refractivity contribution in [1.82, 2.24) is 25.9 Å². The standard InChI is InChI=1S/C23H32ClN5O3.C7H8O3S/c1-3-14(4-2)13-31-23(30)19-11-16-10-17(9-8-15(16)12-25-19)32-20-7-5-6-18(24)21(20)22-26-28-29-27-22;1-6-2-4-7(5-3-6)11(8,9)10/h5-7,14-17,19,25H,3-4,8-13H2,1-2H3,(H,26,27,28,29);2-5H,1H3,(H,8,9,10)/t15-,16+,17-,19-;/m0./s1. The fraction of sp³-hybridized carbons (Fsp3) is 0.533. The Labute approximate surface area is 257 Å². The minimum atomic E-state index is -4.02. The summed E-state index contributed by atoms with van der Waals surface area (Å²) in [4.78, 5) is 12.6. The van der Waals surface area contributed by atoms with E-state index in [4.69, 9.17) is 25.6 Å². The van der Waals surface area contributed by atoms with Crippen molar-refractivity contribution in [1.29, 1.82) is 0 Å². The molecular weight excluding hydrogens is 594 g/mol. The first-order chi connectivity index (χ1) is 20.6. The van der Waals surface area contributed by atoms with Crippen molar-refractivity contribution in [3.8, 4) is 17.1 Å². The molecule has 234 valence electrons. The number of fused-ring (bicyclic) bond motifs is 1. The topological polar surface area (TPSA) is 156 Å². The SMILES string of the molecule is CCC(CC)COC(=O)[C@@H]1C[C@H]2C[C@@H](Oc3cccc(Cl)c3-c3nn[nH]n3)CC[C@H]2CN1.Cc1ccc(S(=O)(=O)O)cc1. The molecular formula is C30H40ClN5O6S. The second kappa shape index (κ2) is 15.1. The molecule has 1 saturated carbocycles. The van der Waals surface area contributed by atoms with E-state index in [1.165, 1.54) is 12.1 Å². The summed E-state index contributed by atoms with van der Waals surface area (Å²) in [5, 5.41) is 18.2. The molecule has 0 radical (unpaired) electrons. The number of carbonyl (C=O) groups excluding carboxylic acids is 1. The van der Waals surface area contributed by atoms with Gasteiger partial charge in [-0.25, -0.2) is 0 Å². The van der Waals surface area contributed by atoms with Crippen molar-refractivity contribution in [3.63, 3.8) is 0 Å². The van der Waals surface area contributed by atoms with Crippen molar-refractivity contribution in [2.24, 2.45) is 17.8 Å². The number of carbonyl (C=O) groups is 1. The molecule has 2 fully saturated rings. The van der Waals surface area contributed by atoms with Crippen LogP contribution in [0.25, 0.3) is 11.4 Å². The minimum absolute atomic E-state index is 0.0553. The van der Waals surface area contributed by atoms with Crippen molar-refractivity contribution in [3.05, 3.63) is 53.1 Å². The zero-order valence-corrected chi connectivity index (χ0v) is 26.3. The Hall–Kier alpha value is -3.06. The zero-order valence-electron chi connectivity index (χ0n) is 24.7. The average Bonchev–Trinajstić information content (AvgIpc) is 3.52. The maximum Gasteiger partial charge on any atom is 0.323 e. The number of nitrogens with zero attached hydrogens (tertiary/aromatic N) is 3. The number of ether oxygens (including phenoxy) is 2. The highest BCUT2D eigenvalue weighted by atomic mass is 35.5. The number of H-pyrrole nitrogens is 1. The zero-order chi connectivity index (χ0) is 31.0. The van der Waals surface area contributed by atoms with Gasteiger partial charge in [0.15, 0.2) is 0 Å². The number of nitrogens with one attached hydrogen (secondary N) is 2. The predicted octanol–water partition coefficient (Wildman–Crippen LogP) is 5.27. The third-order valence-corrected chi connectivity index (χ3v) is 9.50. The van der Waals surface area contributed by atoms with Gasteiger partial charge in [-0.05, 0) is 86.4 Å². The molecule has 13 heteroatoms. The highest BCUT2D eigenvalue weighted by Gasteiger charge is 2.39. The van der Waals surface area contributed by atoms with E-state index in [0.29, 0.717) is 46.5 Å². The molecule has 11 nitrogen and oxygen atoms in total. The van der Waals surface area contributed by atoms with Crippen LogP contribution in [-0.4, -0.2) is 64.9 Å². The third kappa shape index (κ3) is 8.98. The quantitative estimate of drug-likeness (QED) is 0.210. The van der Waals surface area contributed by atoms with Gasteiger partial charge in [0.2, 0.25) is 5.82 Å². The van der Waals surface area contributed by atoms with Crippen LogP contribution in [0.15, 0.2) is 47.4 Å². The number of aryl methyl sites for hydroxylation is 1. The molecule has 2 aliphatic rings. The molecule has 0 unspecified atom stereocenters. The first kappa shape index (κ1) is 32.8. The van der Waals surface area contributed by atoms with Crippen molar-refractivity contribution < 1.29 is 27.2 Å². The van der Waals surface area contributed by atoms with Crippen molar-refractivity contribution >= 4 is 27.7 Å². The lowest BCUT2D eigenvalue weighted by atomic mass is 9.72. The van der Waals surface area contributed by atoms with E-state index in [2.05, 4.69) is 39.8 Å². The Morgan fingerprint density at radius 2 is 1.84 bits per heavy atom. The molecule has 0 bridgehead atoms. The molecule has 1 saturated heterocycles. The van der Waals surface area contributed by atoms with E-state index >= 15 is 0 Å². The Morgan fingerprint density at radius 1 is 1.09 bits per heavy atom. The lowest BCUT2D eigenvalue weighted by Gasteiger charge is -2.42. The van der Waals surface area contributed by atoms with E-state index in [1.807, 2.05) is 19.1 Å². The van der Waals surface area contributed by atoms with E-state index in [9.17, 15) is 13.2 Å². The first-order valence-electron chi connectivity index (χ1n) is 14.7. The Bertz CT molecular complexity index is 1430. The number of hydrogen-bond acceptors (Lipinski definition) is 9. The van der Waals surface area contributed by atoms with Crippen LogP contribution < -0.4 is 10.1 Å². The summed E-state index contributed by atoms with van der Waals surface area (Å²) in [6.45, 7) is 7.48. The van der Waals surface area contributed by atoms with Gasteiger partial charge in [0.25, 0.3) is 10.1 Å². The van der Waals surface area contributed by atoms with Crippen LogP contribution in [0.1, 0.15) is 57.9 Å². The smallest absolute Gasteiger partial charge is 0.323 e. The Morgan fingerprint density at radius 3 is 2.49 bits per heavy atom. The third-order valence-electron chi connectivity index (χ3n) is 8.31. The Balaban J connectivity index is 0.000000324. The van der Waals surface area contributed by atoms with Crippen molar-refractivity contribution in [2.75, 3.05) is 13.2 Å². The number of halogens is 1. The molecule has 0 spiro atoms. The lowest BCUT2D eigenvalue weighted by molar-refractivity contribution is -0.149. The summed E-state index contributed by atoms with van der Waals surface area (Å²) in [7, 11) is -4.02. The van der Waals surface area contributed by atoms with Gasteiger partial charge in [-0.2, -0.15) is 13.6 Å². The molecule has 5 rings (SSSR count). The molecule has 2 aromatic carbocycles. The number of hydrogen-bond donors (Lipinski definition) is 3. The number of piperidine rings is 1. The van der Waals surface area contributed by atoms with E-state index < -0.39 is 10.1 Å². The summed E-state index contributed by atoms with van der Waals surface area (Å²) >= 11 is 6.41. The Kier molecular flexibility index (Phi) is 11.5. The molecule has 0 amide bonds. The van der Waals surface area contributed by atoms with Crippen LogP contribution in [-0.2, 0) is 19.6 Å². The summed E-state index contributed by atoms with van der Waals surface area (Å²) in [5.74, 6) is 2.39. The fourth-order valence-electron chi connectivity index (χ4n) is 5.61. The van der Waals surface area contributed by atoms with Crippen LogP contribution in [0.3, 0.4) is 0 Å². The largest absolute Gasteiger partial charge is 0.490 e. The predicted molar refractivity (Wildman–Crippen MR) is 162 cm³/mol. The highest BCUT2D eigenvalue weighted by Crippen LogP contribution is 2.40. The van der Waals surface area contributed by atoms with Gasteiger partial charge in [-0.15, -0.1) is 10.2 Å². The van der Waals surface area contributed by atoms with Gasteiger partial charge in [0.1, 0.15) is 11.8 Å². The number of tetrazole rings is 1. The van der Waals surface area contributed by atoms with E-state index in [0.717, 1.165) is 50.6 Å². The van der Waals surface area contributed by atoms with Crippen LogP contribution >= 0.6 is 11.6 Å². The lowest BCUT2D eigenvalue weighted by Crippen LogP contribution is -2.51. The number of esters is 1. The van der Waals surface area contributed by atoms with Crippen LogP contribution in [0, 0.1) is 24.7 Å². The van der Waals surface area contributed by atoms with E-state index in [1.54, 1.807) is 18.2 Å².